The van der Waals surface area contributed by atoms with E-state index >= 15 is 0 Å². The monoisotopic (exact) mass is 443 g/mol. The second-order valence-corrected chi connectivity index (χ2v) is 8.35. The molecule has 1 saturated carbocycles. The highest BCUT2D eigenvalue weighted by Crippen LogP contribution is 2.46. The number of carbonyl (C=O) groups is 1. The number of hydrogen-bond donors (Lipinski definition) is 2. The first-order valence-electron chi connectivity index (χ1n) is 9.84. The molecule has 1 amide bonds. The molecule has 0 atom stereocenters. The minimum Gasteiger partial charge on any atom is -0.496 e. The van der Waals surface area contributed by atoms with E-state index in [1.165, 1.54) is 12.4 Å². The molecule has 1 heterocycles. The summed E-state index contributed by atoms with van der Waals surface area (Å²) in [5.41, 5.74) is 6.90. The van der Waals surface area contributed by atoms with Gasteiger partial charge < -0.3 is 20.7 Å². The van der Waals surface area contributed by atoms with Gasteiger partial charge in [0.2, 0.25) is 5.91 Å². The van der Waals surface area contributed by atoms with E-state index in [0.717, 1.165) is 18.4 Å². The van der Waals surface area contributed by atoms with Crippen molar-refractivity contribution in [1.82, 2.24) is 14.9 Å². The number of benzene rings is 2. The Morgan fingerprint density at radius 2 is 2.13 bits per heavy atom. The number of anilines is 2. The van der Waals surface area contributed by atoms with Crippen molar-refractivity contribution in [2.24, 2.45) is 11.1 Å². The SMILES string of the molecule is COc1cc2ncnc(Nc3cccc(Cl)c3F)c2cc1CN(C)CC1(C(N)=O)CC1. The van der Waals surface area contributed by atoms with E-state index in [9.17, 15) is 9.18 Å². The number of rotatable bonds is 8. The molecule has 0 spiro atoms. The number of carbonyl (C=O) groups excluding carboxylic acids is 1. The van der Waals surface area contributed by atoms with Gasteiger partial charge >= 0.3 is 0 Å². The molecule has 3 N–H and O–H groups in total. The molecule has 1 fully saturated rings. The zero-order valence-electron chi connectivity index (χ0n) is 17.3. The van der Waals surface area contributed by atoms with Gasteiger partial charge in [0.05, 0.1) is 28.8 Å². The van der Waals surface area contributed by atoms with Crippen LogP contribution in [0.4, 0.5) is 15.9 Å². The largest absolute Gasteiger partial charge is 0.496 e. The number of halogens is 2. The molecule has 162 valence electrons. The molecule has 2 aromatic carbocycles. The highest BCUT2D eigenvalue weighted by atomic mass is 35.5. The second-order valence-electron chi connectivity index (χ2n) is 7.95. The summed E-state index contributed by atoms with van der Waals surface area (Å²) in [6, 6.07) is 8.47. The number of primary amides is 1. The summed E-state index contributed by atoms with van der Waals surface area (Å²) in [5, 5.41) is 3.75. The van der Waals surface area contributed by atoms with E-state index in [2.05, 4.69) is 20.2 Å². The first kappa shape index (κ1) is 21.3. The third-order valence-electron chi connectivity index (χ3n) is 5.63. The van der Waals surface area contributed by atoms with Gasteiger partial charge in [-0.2, -0.15) is 0 Å². The zero-order valence-corrected chi connectivity index (χ0v) is 18.0. The Morgan fingerprint density at radius 1 is 1.35 bits per heavy atom. The van der Waals surface area contributed by atoms with Gasteiger partial charge in [-0.3, -0.25) is 4.79 Å². The Morgan fingerprint density at radius 3 is 2.81 bits per heavy atom. The molecule has 0 bridgehead atoms. The zero-order chi connectivity index (χ0) is 22.2. The molecule has 1 aliphatic rings. The Kier molecular flexibility index (Phi) is 5.68. The summed E-state index contributed by atoms with van der Waals surface area (Å²) in [5.74, 6) is 0.314. The average Bonchev–Trinajstić information content (AvgIpc) is 3.52. The number of amides is 1. The van der Waals surface area contributed by atoms with Crippen molar-refractivity contribution < 1.29 is 13.9 Å². The van der Waals surface area contributed by atoms with Gasteiger partial charge in [-0.15, -0.1) is 0 Å². The summed E-state index contributed by atoms with van der Waals surface area (Å²) in [4.78, 5) is 22.4. The maximum absolute atomic E-state index is 14.4. The number of nitrogens with one attached hydrogen (secondary N) is 1. The molecule has 1 aromatic heterocycles. The van der Waals surface area contributed by atoms with Gasteiger partial charge in [0.15, 0.2) is 5.82 Å². The van der Waals surface area contributed by atoms with Crippen LogP contribution in [0.25, 0.3) is 10.9 Å². The Balaban J connectivity index is 1.67. The lowest BCUT2D eigenvalue weighted by Gasteiger charge is -2.23. The fourth-order valence-corrected chi connectivity index (χ4v) is 3.94. The Bertz CT molecular complexity index is 1150. The minimum atomic E-state index is -0.550. The summed E-state index contributed by atoms with van der Waals surface area (Å²) in [7, 11) is 3.53. The predicted molar refractivity (Wildman–Crippen MR) is 118 cm³/mol. The molecule has 31 heavy (non-hydrogen) atoms. The van der Waals surface area contributed by atoms with Crippen LogP contribution in [-0.2, 0) is 11.3 Å². The van der Waals surface area contributed by atoms with Gasteiger partial charge in [0, 0.05) is 30.1 Å². The standard InChI is InChI=1S/C22H23ClFN5O2/c1-29(11-22(6-7-22)21(25)30)10-13-8-14-17(9-18(13)31-2)26-12-27-20(14)28-16-5-3-4-15(23)19(16)24/h3-5,8-9,12H,6-7,10-11H2,1-2H3,(H2,25,30)(H,26,27,28). The van der Waals surface area contributed by atoms with Crippen LogP contribution in [0, 0.1) is 11.2 Å². The summed E-state index contributed by atoms with van der Waals surface area (Å²) < 4.78 is 19.9. The summed E-state index contributed by atoms with van der Waals surface area (Å²) in [6.07, 6.45) is 3.03. The second kappa shape index (κ2) is 8.28. The van der Waals surface area contributed by atoms with Crippen molar-refractivity contribution in [3.63, 3.8) is 0 Å². The Hall–Kier alpha value is -2.97. The number of methoxy groups -OCH3 is 1. The molecule has 0 unspecified atom stereocenters. The number of ether oxygens (including phenoxy) is 1. The van der Waals surface area contributed by atoms with Gasteiger partial charge in [-0.05, 0) is 38.1 Å². The quantitative estimate of drug-likeness (QED) is 0.549. The average molecular weight is 444 g/mol. The van der Waals surface area contributed by atoms with Crippen molar-refractivity contribution in [1.29, 1.82) is 0 Å². The highest BCUT2D eigenvalue weighted by molar-refractivity contribution is 6.31. The van der Waals surface area contributed by atoms with Crippen LogP contribution in [0.5, 0.6) is 5.75 Å². The topological polar surface area (TPSA) is 93.4 Å². The van der Waals surface area contributed by atoms with Crippen LogP contribution in [0.3, 0.4) is 0 Å². The van der Waals surface area contributed by atoms with Crippen molar-refractivity contribution in [3.8, 4) is 5.75 Å². The van der Waals surface area contributed by atoms with Crippen LogP contribution in [-0.4, -0.2) is 41.5 Å². The van der Waals surface area contributed by atoms with Gasteiger partial charge in [-0.25, -0.2) is 14.4 Å². The molecule has 0 radical (unpaired) electrons. The van der Waals surface area contributed by atoms with E-state index < -0.39 is 11.2 Å². The van der Waals surface area contributed by atoms with Gasteiger partial charge in [0.1, 0.15) is 17.9 Å². The van der Waals surface area contributed by atoms with Gasteiger partial charge in [0.25, 0.3) is 0 Å². The molecular weight excluding hydrogens is 421 g/mol. The minimum absolute atomic E-state index is 0.0239. The molecule has 7 nitrogen and oxygen atoms in total. The lowest BCUT2D eigenvalue weighted by molar-refractivity contribution is -0.123. The summed E-state index contributed by atoms with van der Waals surface area (Å²) >= 11 is 5.90. The molecule has 0 aliphatic heterocycles. The van der Waals surface area contributed by atoms with Crippen molar-refractivity contribution in [2.75, 3.05) is 26.0 Å². The first-order valence-corrected chi connectivity index (χ1v) is 10.2. The van der Waals surface area contributed by atoms with E-state index in [0.29, 0.717) is 35.6 Å². The smallest absolute Gasteiger partial charge is 0.224 e. The first-order chi connectivity index (χ1) is 14.8. The van der Waals surface area contributed by atoms with Crippen molar-refractivity contribution in [2.45, 2.75) is 19.4 Å². The van der Waals surface area contributed by atoms with Crippen LogP contribution in [0.15, 0.2) is 36.7 Å². The summed E-state index contributed by atoms with van der Waals surface area (Å²) in [6.45, 7) is 1.11. The van der Waals surface area contributed by atoms with E-state index in [4.69, 9.17) is 22.1 Å². The van der Waals surface area contributed by atoms with Crippen LogP contribution in [0.2, 0.25) is 5.02 Å². The van der Waals surface area contributed by atoms with Gasteiger partial charge in [-0.1, -0.05) is 17.7 Å². The van der Waals surface area contributed by atoms with E-state index in [1.54, 1.807) is 19.2 Å². The lowest BCUT2D eigenvalue weighted by atomic mass is 10.0. The van der Waals surface area contributed by atoms with Crippen LogP contribution < -0.4 is 15.8 Å². The fraction of sp³-hybridized carbons (Fsp3) is 0.318. The maximum atomic E-state index is 14.4. The number of nitrogens with two attached hydrogens (primary N) is 1. The molecule has 4 rings (SSSR count). The molecular formula is C22H23ClFN5O2. The number of aromatic nitrogens is 2. The van der Waals surface area contributed by atoms with Crippen molar-refractivity contribution >= 4 is 39.9 Å². The highest BCUT2D eigenvalue weighted by Gasteiger charge is 2.48. The molecule has 3 aromatic rings. The van der Waals surface area contributed by atoms with Crippen molar-refractivity contribution in [3.05, 3.63) is 53.1 Å². The molecule has 9 heteroatoms. The molecule has 0 saturated heterocycles. The number of nitrogens with zero attached hydrogens (tertiary/aromatic N) is 3. The van der Waals surface area contributed by atoms with Crippen LogP contribution in [0.1, 0.15) is 18.4 Å². The fourth-order valence-electron chi connectivity index (χ4n) is 3.77. The number of fused-ring (bicyclic) bond motifs is 1. The number of hydrogen-bond acceptors (Lipinski definition) is 6. The molecule has 1 aliphatic carbocycles. The van der Waals surface area contributed by atoms with Crippen LogP contribution >= 0.6 is 11.6 Å². The van der Waals surface area contributed by atoms with E-state index in [-0.39, 0.29) is 16.6 Å². The lowest BCUT2D eigenvalue weighted by Crippen LogP contribution is -2.35. The third-order valence-corrected chi connectivity index (χ3v) is 5.92. The third kappa shape index (κ3) is 4.26. The maximum Gasteiger partial charge on any atom is 0.224 e. The normalized spacial score (nSPS) is 14.6. The Labute approximate surface area is 184 Å². The predicted octanol–water partition coefficient (Wildman–Crippen LogP) is 3.87. The van der Waals surface area contributed by atoms with E-state index in [1.807, 2.05) is 19.2 Å².